The minimum atomic E-state index is -4.54. The Hall–Kier alpha value is -2.65. The number of ketones is 1. The van der Waals surface area contributed by atoms with Crippen molar-refractivity contribution in [2.45, 2.75) is 31.5 Å². The first-order chi connectivity index (χ1) is 12.3. The van der Waals surface area contributed by atoms with Gasteiger partial charge >= 0.3 is 6.18 Å². The molecule has 0 saturated heterocycles. The number of halogens is 3. The molecule has 0 fully saturated rings. The average Bonchev–Trinajstić information content (AvgIpc) is 2.60. The van der Waals surface area contributed by atoms with Crippen LogP contribution in [-0.4, -0.2) is 19.0 Å². The van der Waals surface area contributed by atoms with Gasteiger partial charge in [0, 0.05) is 13.5 Å². The van der Waals surface area contributed by atoms with Gasteiger partial charge in [0.25, 0.3) is 0 Å². The summed E-state index contributed by atoms with van der Waals surface area (Å²) in [5.41, 5.74) is 0.986. The molecule has 0 aromatic heterocycles. The molecule has 0 saturated carbocycles. The monoisotopic (exact) mass is 361 g/mol. The summed E-state index contributed by atoms with van der Waals surface area (Å²) in [5.74, 6) is -1.89. The lowest BCUT2D eigenvalue weighted by Gasteiger charge is -2.18. The standard InChI is InChI=1S/C20H18F3NO2/c1-13-5-3-6-14(9-13)10-18(26-2)19(25)17(12-24)15-7-4-8-16(11-15)20(21,22)23/h3-9,11,17-18H,10H2,1-2H3. The molecular formula is C20H18F3NO2. The van der Waals surface area contributed by atoms with Crippen LogP contribution in [0.3, 0.4) is 0 Å². The first kappa shape index (κ1) is 19.7. The summed E-state index contributed by atoms with van der Waals surface area (Å²) in [6.45, 7) is 1.91. The number of methoxy groups -OCH3 is 1. The molecule has 6 heteroatoms. The first-order valence-corrected chi connectivity index (χ1v) is 7.95. The highest BCUT2D eigenvalue weighted by Gasteiger charge is 2.33. The van der Waals surface area contributed by atoms with Crippen molar-refractivity contribution in [2.24, 2.45) is 0 Å². The Morgan fingerprint density at radius 3 is 2.46 bits per heavy atom. The van der Waals surface area contributed by atoms with E-state index in [0.29, 0.717) is 0 Å². The van der Waals surface area contributed by atoms with Crippen LogP contribution < -0.4 is 0 Å². The molecule has 3 nitrogen and oxygen atoms in total. The molecule has 2 aromatic rings. The molecule has 0 N–H and O–H groups in total. The maximum atomic E-state index is 12.9. The van der Waals surface area contributed by atoms with Crippen LogP contribution in [0.25, 0.3) is 0 Å². The quantitative estimate of drug-likeness (QED) is 0.764. The Morgan fingerprint density at radius 1 is 1.19 bits per heavy atom. The largest absolute Gasteiger partial charge is 0.416 e. The molecule has 2 atom stereocenters. The lowest BCUT2D eigenvalue weighted by molar-refractivity contribution is -0.137. The highest BCUT2D eigenvalue weighted by atomic mass is 19.4. The van der Waals surface area contributed by atoms with Gasteiger partial charge in [-0.05, 0) is 24.1 Å². The maximum absolute atomic E-state index is 12.9. The molecule has 0 bridgehead atoms. The van der Waals surface area contributed by atoms with Crippen molar-refractivity contribution in [2.75, 3.05) is 7.11 Å². The number of aryl methyl sites for hydroxylation is 1. The Kier molecular flexibility index (Phi) is 6.17. The van der Waals surface area contributed by atoms with Gasteiger partial charge in [-0.1, -0.05) is 48.0 Å². The van der Waals surface area contributed by atoms with Gasteiger partial charge in [-0.25, -0.2) is 0 Å². The number of hydrogen-bond donors (Lipinski definition) is 0. The van der Waals surface area contributed by atoms with Gasteiger partial charge in [-0.3, -0.25) is 4.79 Å². The third kappa shape index (κ3) is 4.70. The number of carbonyl (C=O) groups excluding carboxylic acids is 1. The van der Waals surface area contributed by atoms with Crippen LogP contribution >= 0.6 is 0 Å². The van der Waals surface area contributed by atoms with Crippen molar-refractivity contribution in [3.8, 4) is 6.07 Å². The van der Waals surface area contributed by atoms with Crippen molar-refractivity contribution in [3.63, 3.8) is 0 Å². The zero-order valence-electron chi connectivity index (χ0n) is 14.4. The normalized spacial score (nSPS) is 13.7. The number of Topliss-reactive ketones (excluding diaryl/α,β-unsaturated/α-hetero) is 1. The van der Waals surface area contributed by atoms with Crippen LogP contribution in [0, 0.1) is 18.3 Å². The number of rotatable bonds is 6. The van der Waals surface area contributed by atoms with E-state index in [4.69, 9.17) is 4.74 Å². The number of nitrogens with zero attached hydrogens (tertiary/aromatic N) is 1. The molecule has 0 aliphatic heterocycles. The summed E-state index contributed by atoms with van der Waals surface area (Å²) in [4.78, 5) is 12.7. The number of alkyl halides is 3. The number of hydrogen-bond acceptors (Lipinski definition) is 3. The molecule has 2 unspecified atom stereocenters. The number of carbonyl (C=O) groups is 1. The van der Waals surface area contributed by atoms with E-state index in [9.17, 15) is 23.2 Å². The molecule has 0 radical (unpaired) electrons. The van der Waals surface area contributed by atoms with Gasteiger partial charge in [-0.15, -0.1) is 0 Å². The lowest BCUT2D eigenvalue weighted by Crippen LogP contribution is -2.30. The highest BCUT2D eigenvalue weighted by Crippen LogP contribution is 2.31. The Labute approximate surface area is 150 Å². The fourth-order valence-corrected chi connectivity index (χ4v) is 2.74. The summed E-state index contributed by atoms with van der Waals surface area (Å²) in [6, 6.07) is 13.6. The molecule has 2 rings (SSSR count). The molecule has 2 aromatic carbocycles. The topological polar surface area (TPSA) is 50.1 Å². The zero-order chi connectivity index (χ0) is 19.3. The van der Waals surface area contributed by atoms with Gasteiger partial charge in [0.05, 0.1) is 11.6 Å². The molecule has 0 aliphatic carbocycles. The second-order valence-corrected chi connectivity index (χ2v) is 6.01. The predicted octanol–water partition coefficient (Wildman–Crippen LogP) is 4.45. The molecule has 26 heavy (non-hydrogen) atoms. The van der Waals surface area contributed by atoms with E-state index in [2.05, 4.69) is 0 Å². The minimum Gasteiger partial charge on any atom is -0.373 e. The van der Waals surface area contributed by atoms with Gasteiger partial charge in [0.1, 0.15) is 12.0 Å². The zero-order valence-corrected chi connectivity index (χ0v) is 14.4. The SMILES string of the molecule is COC(Cc1cccc(C)c1)C(=O)C(C#N)c1cccc(C(F)(F)F)c1. The second-order valence-electron chi connectivity index (χ2n) is 6.01. The van der Waals surface area contributed by atoms with Crippen molar-refractivity contribution in [1.82, 2.24) is 0 Å². The van der Waals surface area contributed by atoms with Crippen molar-refractivity contribution >= 4 is 5.78 Å². The van der Waals surface area contributed by atoms with Crippen LogP contribution in [0.15, 0.2) is 48.5 Å². The third-order valence-corrected chi connectivity index (χ3v) is 4.07. The van der Waals surface area contributed by atoms with Crippen LogP contribution in [0.2, 0.25) is 0 Å². The smallest absolute Gasteiger partial charge is 0.373 e. The average molecular weight is 361 g/mol. The molecule has 136 valence electrons. The Bertz CT molecular complexity index is 824. The lowest BCUT2D eigenvalue weighted by atomic mass is 9.89. The van der Waals surface area contributed by atoms with Crippen LogP contribution in [-0.2, 0) is 22.1 Å². The van der Waals surface area contributed by atoms with E-state index < -0.39 is 29.5 Å². The predicted molar refractivity (Wildman–Crippen MR) is 90.5 cm³/mol. The van der Waals surface area contributed by atoms with Crippen LogP contribution in [0.1, 0.15) is 28.2 Å². The summed E-state index contributed by atoms with van der Waals surface area (Å²) >= 11 is 0. The first-order valence-electron chi connectivity index (χ1n) is 7.95. The Morgan fingerprint density at radius 2 is 1.88 bits per heavy atom. The molecular weight excluding hydrogens is 343 g/mol. The second kappa shape index (κ2) is 8.15. The summed E-state index contributed by atoms with van der Waals surface area (Å²) in [5, 5.41) is 9.39. The minimum absolute atomic E-state index is 0.0126. The molecule has 0 aliphatic rings. The van der Waals surface area contributed by atoms with E-state index in [1.807, 2.05) is 37.3 Å². The van der Waals surface area contributed by atoms with E-state index in [1.54, 1.807) is 0 Å². The number of benzene rings is 2. The third-order valence-electron chi connectivity index (χ3n) is 4.07. The van der Waals surface area contributed by atoms with Gasteiger partial charge < -0.3 is 4.74 Å². The Balaban J connectivity index is 2.28. The number of nitriles is 1. The van der Waals surface area contributed by atoms with Crippen molar-refractivity contribution in [1.29, 1.82) is 5.26 Å². The van der Waals surface area contributed by atoms with Gasteiger partial charge in [-0.2, -0.15) is 18.4 Å². The fraction of sp³-hybridized carbons (Fsp3) is 0.300. The van der Waals surface area contributed by atoms with E-state index in [1.165, 1.54) is 19.2 Å². The molecule has 0 amide bonds. The van der Waals surface area contributed by atoms with E-state index >= 15 is 0 Å². The van der Waals surface area contributed by atoms with Crippen LogP contribution in [0.5, 0.6) is 0 Å². The highest BCUT2D eigenvalue weighted by molar-refractivity contribution is 5.92. The van der Waals surface area contributed by atoms with E-state index in [0.717, 1.165) is 23.3 Å². The van der Waals surface area contributed by atoms with Gasteiger partial charge in [0.15, 0.2) is 5.78 Å². The summed E-state index contributed by atoms with van der Waals surface area (Å²) in [7, 11) is 1.35. The van der Waals surface area contributed by atoms with Gasteiger partial charge in [0.2, 0.25) is 0 Å². The van der Waals surface area contributed by atoms with Crippen LogP contribution in [0.4, 0.5) is 13.2 Å². The molecule has 0 spiro atoms. The van der Waals surface area contributed by atoms with E-state index in [-0.39, 0.29) is 12.0 Å². The molecule has 0 heterocycles. The maximum Gasteiger partial charge on any atom is 0.416 e. The fourth-order valence-electron chi connectivity index (χ4n) is 2.74. The number of ether oxygens (including phenoxy) is 1. The summed E-state index contributed by atoms with van der Waals surface area (Å²) in [6.07, 6.45) is -5.22. The summed E-state index contributed by atoms with van der Waals surface area (Å²) < 4.78 is 43.9. The van der Waals surface area contributed by atoms with Crippen molar-refractivity contribution < 1.29 is 22.7 Å². The van der Waals surface area contributed by atoms with Crippen molar-refractivity contribution in [3.05, 3.63) is 70.8 Å².